The largest absolute Gasteiger partial charge is 0.374 e. The fourth-order valence-electron chi connectivity index (χ4n) is 3.31. The highest BCUT2D eigenvalue weighted by Crippen LogP contribution is 2.29. The molecule has 0 radical (unpaired) electrons. The number of anilines is 1. The van der Waals surface area contributed by atoms with E-state index in [1.165, 1.54) is 36.1 Å². The van der Waals surface area contributed by atoms with Crippen molar-refractivity contribution in [3.05, 3.63) is 29.3 Å². The Kier molecular flexibility index (Phi) is 4.24. The average Bonchev–Trinajstić information content (AvgIpc) is 2.87. The third kappa shape index (κ3) is 2.82. The number of nitrogens with one attached hydrogen (secondary N) is 1. The van der Waals surface area contributed by atoms with Crippen molar-refractivity contribution in [1.82, 2.24) is 10.4 Å². The van der Waals surface area contributed by atoms with Gasteiger partial charge in [-0.25, -0.2) is 10.4 Å². The van der Waals surface area contributed by atoms with Crippen LogP contribution in [0.5, 0.6) is 0 Å². The molecule has 1 saturated heterocycles. The summed E-state index contributed by atoms with van der Waals surface area (Å²) in [5, 5.41) is 2.35. The summed E-state index contributed by atoms with van der Waals surface area (Å²) in [6.45, 7) is 4.06. The maximum Gasteiger partial charge on any atom is 0.0587 e. The lowest BCUT2D eigenvalue weighted by atomic mass is 10.0. The van der Waals surface area contributed by atoms with Crippen LogP contribution >= 0.6 is 0 Å². The van der Waals surface area contributed by atoms with Crippen LogP contribution in [-0.4, -0.2) is 38.2 Å². The number of nitrogens with zero attached hydrogens (tertiary/aromatic N) is 2. The maximum absolute atomic E-state index is 5.99. The number of hydrazine groups is 1. The molecule has 4 nitrogen and oxygen atoms in total. The van der Waals surface area contributed by atoms with Crippen molar-refractivity contribution >= 4 is 5.69 Å². The lowest BCUT2D eigenvalue weighted by molar-refractivity contribution is 0.130. The number of rotatable bonds is 4. The standard InChI is InChI=1S/C16H26N4/c1-19-10-7-14-11-13(5-6-16(14)19)15(12-17)18-20-8-3-2-4-9-20/h5-6,11,15,18H,2-4,7-10,12,17H2,1H3. The summed E-state index contributed by atoms with van der Waals surface area (Å²) in [7, 11) is 2.16. The van der Waals surface area contributed by atoms with Crippen molar-refractivity contribution in [3.63, 3.8) is 0 Å². The minimum absolute atomic E-state index is 0.240. The van der Waals surface area contributed by atoms with Crippen LogP contribution in [0.25, 0.3) is 0 Å². The van der Waals surface area contributed by atoms with Crippen molar-refractivity contribution in [2.24, 2.45) is 5.73 Å². The molecular formula is C16H26N4. The number of benzene rings is 1. The molecule has 3 N–H and O–H groups in total. The Morgan fingerprint density at radius 1 is 1.20 bits per heavy atom. The van der Waals surface area contributed by atoms with Gasteiger partial charge in [-0.15, -0.1) is 0 Å². The summed E-state index contributed by atoms with van der Waals surface area (Å²) in [5.41, 5.74) is 13.8. The molecule has 0 bridgehead atoms. The first kappa shape index (κ1) is 13.9. The molecule has 2 aliphatic heterocycles. The van der Waals surface area contributed by atoms with Crippen LogP contribution in [0.2, 0.25) is 0 Å². The minimum Gasteiger partial charge on any atom is -0.374 e. The van der Waals surface area contributed by atoms with Gasteiger partial charge in [0, 0.05) is 38.9 Å². The first-order chi connectivity index (χ1) is 9.78. The van der Waals surface area contributed by atoms with Crippen LogP contribution in [0.15, 0.2) is 18.2 Å². The van der Waals surface area contributed by atoms with E-state index in [2.05, 4.69) is 40.6 Å². The molecular weight excluding hydrogens is 248 g/mol. The van der Waals surface area contributed by atoms with Gasteiger partial charge in [-0.3, -0.25) is 0 Å². The van der Waals surface area contributed by atoms with Crippen LogP contribution in [0, 0.1) is 0 Å². The zero-order valence-corrected chi connectivity index (χ0v) is 12.4. The van der Waals surface area contributed by atoms with Gasteiger partial charge in [-0.05, 0) is 36.5 Å². The molecule has 1 aromatic carbocycles. The van der Waals surface area contributed by atoms with Crippen molar-refractivity contribution in [1.29, 1.82) is 0 Å². The lowest BCUT2D eigenvalue weighted by Gasteiger charge is -2.31. The molecule has 0 aromatic heterocycles. The molecule has 1 atom stereocenters. The van der Waals surface area contributed by atoms with Gasteiger partial charge in [-0.1, -0.05) is 18.6 Å². The summed E-state index contributed by atoms with van der Waals surface area (Å²) in [6, 6.07) is 7.06. The fourth-order valence-corrected chi connectivity index (χ4v) is 3.31. The van der Waals surface area contributed by atoms with Gasteiger partial charge in [-0.2, -0.15) is 0 Å². The molecule has 110 valence electrons. The van der Waals surface area contributed by atoms with Crippen LogP contribution in [0.1, 0.15) is 36.4 Å². The summed E-state index contributed by atoms with van der Waals surface area (Å²) in [5.74, 6) is 0. The van der Waals surface area contributed by atoms with E-state index in [-0.39, 0.29) is 6.04 Å². The van der Waals surface area contributed by atoms with Crippen molar-refractivity contribution in [3.8, 4) is 0 Å². The smallest absolute Gasteiger partial charge is 0.0587 e. The van der Waals surface area contributed by atoms with E-state index < -0.39 is 0 Å². The van der Waals surface area contributed by atoms with E-state index in [0.717, 1.165) is 26.1 Å². The Morgan fingerprint density at radius 3 is 2.75 bits per heavy atom. The topological polar surface area (TPSA) is 44.5 Å². The molecule has 4 heteroatoms. The normalized spacial score (nSPS) is 21.0. The Morgan fingerprint density at radius 2 is 2.00 bits per heavy atom. The number of hydrogen-bond acceptors (Lipinski definition) is 4. The summed E-state index contributed by atoms with van der Waals surface area (Å²) < 4.78 is 0. The molecule has 1 fully saturated rings. The van der Waals surface area contributed by atoms with Crippen molar-refractivity contribution < 1.29 is 0 Å². The highest BCUT2D eigenvalue weighted by Gasteiger charge is 2.20. The van der Waals surface area contributed by atoms with E-state index in [1.807, 2.05) is 0 Å². The van der Waals surface area contributed by atoms with Crippen LogP contribution < -0.4 is 16.1 Å². The summed E-state index contributed by atoms with van der Waals surface area (Å²) in [6.07, 6.45) is 5.09. The second-order valence-corrected chi connectivity index (χ2v) is 6.02. The Labute approximate surface area is 121 Å². The second kappa shape index (κ2) is 6.12. The SMILES string of the molecule is CN1CCc2cc(C(CN)NN3CCCCC3)ccc21. The zero-order valence-electron chi connectivity index (χ0n) is 12.4. The molecule has 1 aromatic rings. The monoisotopic (exact) mass is 274 g/mol. The van der Waals surface area contributed by atoms with Gasteiger partial charge in [0.2, 0.25) is 0 Å². The first-order valence-corrected chi connectivity index (χ1v) is 7.83. The third-order valence-electron chi connectivity index (χ3n) is 4.56. The summed E-state index contributed by atoms with van der Waals surface area (Å²) >= 11 is 0. The molecule has 0 spiro atoms. The fraction of sp³-hybridized carbons (Fsp3) is 0.625. The van der Waals surface area contributed by atoms with E-state index >= 15 is 0 Å². The molecule has 2 aliphatic rings. The molecule has 0 aliphatic carbocycles. The van der Waals surface area contributed by atoms with E-state index in [0.29, 0.717) is 6.54 Å². The van der Waals surface area contributed by atoms with Crippen LogP contribution in [-0.2, 0) is 6.42 Å². The predicted molar refractivity (Wildman–Crippen MR) is 83.8 cm³/mol. The quantitative estimate of drug-likeness (QED) is 0.876. The van der Waals surface area contributed by atoms with Gasteiger partial charge in [0.1, 0.15) is 0 Å². The van der Waals surface area contributed by atoms with Crippen molar-refractivity contribution in [2.75, 3.05) is 38.1 Å². The Hall–Kier alpha value is -1.10. The van der Waals surface area contributed by atoms with E-state index in [4.69, 9.17) is 5.73 Å². The van der Waals surface area contributed by atoms with Crippen LogP contribution in [0.4, 0.5) is 5.69 Å². The number of fused-ring (bicyclic) bond motifs is 1. The van der Waals surface area contributed by atoms with Gasteiger partial charge in [0.05, 0.1) is 6.04 Å². The van der Waals surface area contributed by atoms with Gasteiger partial charge in [0.15, 0.2) is 0 Å². The van der Waals surface area contributed by atoms with E-state index in [1.54, 1.807) is 0 Å². The lowest BCUT2D eigenvalue weighted by Crippen LogP contribution is -2.45. The number of piperidine rings is 1. The molecule has 0 amide bonds. The Bertz CT molecular complexity index is 454. The van der Waals surface area contributed by atoms with Gasteiger partial charge < -0.3 is 10.6 Å². The van der Waals surface area contributed by atoms with Gasteiger partial charge in [0.25, 0.3) is 0 Å². The van der Waals surface area contributed by atoms with Crippen LogP contribution in [0.3, 0.4) is 0 Å². The minimum atomic E-state index is 0.240. The maximum atomic E-state index is 5.99. The molecule has 1 unspecified atom stereocenters. The second-order valence-electron chi connectivity index (χ2n) is 6.02. The number of hydrogen-bond donors (Lipinski definition) is 2. The number of likely N-dealkylation sites (N-methyl/N-ethyl adjacent to an activating group) is 1. The number of nitrogens with two attached hydrogens (primary N) is 1. The average molecular weight is 274 g/mol. The summed E-state index contributed by atoms with van der Waals surface area (Å²) in [4.78, 5) is 2.33. The molecule has 2 heterocycles. The first-order valence-electron chi connectivity index (χ1n) is 7.83. The molecule has 0 saturated carbocycles. The van der Waals surface area contributed by atoms with Gasteiger partial charge >= 0.3 is 0 Å². The Balaban J connectivity index is 1.72. The zero-order chi connectivity index (χ0) is 13.9. The highest BCUT2D eigenvalue weighted by atomic mass is 15.5. The van der Waals surface area contributed by atoms with E-state index in [9.17, 15) is 0 Å². The van der Waals surface area contributed by atoms with Crippen molar-refractivity contribution in [2.45, 2.75) is 31.7 Å². The molecule has 3 rings (SSSR count). The third-order valence-corrected chi connectivity index (χ3v) is 4.56. The highest BCUT2D eigenvalue weighted by molar-refractivity contribution is 5.58. The predicted octanol–water partition coefficient (Wildman–Crippen LogP) is 1.67. The molecule has 20 heavy (non-hydrogen) atoms.